The van der Waals surface area contributed by atoms with Crippen LogP contribution in [0.15, 0.2) is 29.3 Å². The zero-order chi connectivity index (χ0) is 32.9. The van der Waals surface area contributed by atoms with Gasteiger partial charge in [-0.05, 0) is 72.1 Å². The minimum atomic E-state index is -0.703. The molecule has 0 saturated carbocycles. The van der Waals surface area contributed by atoms with Crippen molar-refractivity contribution in [2.45, 2.75) is 78.5 Å². The lowest BCUT2D eigenvalue weighted by Gasteiger charge is -2.21. The fourth-order valence-electron chi connectivity index (χ4n) is 4.85. The number of carbonyl (C=O) groups is 3. The van der Waals surface area contributed by atoms with Crippen molar-refractivity contribution >= 4 is 35.0 Å². The lowest BCUT2D eigenvalue weighted by atomic mass is 9.98. The molecule has 3 aromatic rings. The average Bonchev–Trinajstić information content (AvgIpc) is 3.44. The number of ether oxygens (including phenoxy) is 1. The number of nitrogens with zero attached hydrogens (tertiary/aromatic N) is 4. The number of aryl methyl sites for hydroxylation is 2. The molecule has 0 spiro atoms. The minimum Gasteiger partial charge on any atom is -0.460 e. The maximum Gasteiger partial charge on any atom is 0.312 e. The number of aliphatic imine (C=N–C) groups is 1. The van der Waals surface area contributed by atoms with Gasteiger partial charge in [0.05, 0.1) is 24.7 Å². The molecule has 6 N–H and O–H groups in total. The van der Waals surface area contributed by atoms with Crippen LogP contribution in [-0.2, 0) is 14.3 Å². The van der Waals surface area contributed by atoms with E-state index < -0.39 is 23.7 Å². The van der Waals surface area contributed by atoms with E-state index in [0.29, 0.717) is 25.2 Å². The van der Waals surface area contributed by atoms with Gasteiger partial charge in [0.1, 0.15) is 22.5 Å². The Bertz CT molecular complexity index is 1670. The highest BCUT2D eigenvalue weighted by atomic mass is 32.1. The van der Waals surface area contributed by atoms with Gasteiger partial charge in [0, 0.05) is 28.1 Å². The quantitative estimate of drug-likeness (QED) is 0.159. The molecule has 0 radical (unpaired) electrons. The molecule has 0 unspecified atom stereocenters. The van der Waals surface area contributed by atoms with Crippen molar-refractivity contribution in [3.8, 4) is 16.8 Å². The van der Waals surface area contributed by atoms with Gasteiger partial charge in [-0.1, -0.05) is 24.0 Å². The number of urea groups is 1. The van der Waals surface area contributed by atoms with Gasteiger partial charge in [0.2, 0.25) is 5.91 Å². The fourth-order valence-corrected chi connectivity index (χ4v) is 6.06. The van der Waals surface area contributed by atoms with Gasteiger partial charge in [0.15, 0.2) is 5.82 Å². The second-order valence-electron chi connectivity index (χ2n) is 11.8. The number of hydrogen-bond donors (Lipinski definition) is 4. The van der Waals surface area contributed by atoms with Crippen molar-refractivity contribution in [2.24, 2.45) is 16.5 Å². The Kier molecular flexibility index (Phi) is 10.4. The normalized spacial score (nSPS) is 14.6. The van der Waals surface area contributed by atoms with Gasteiger partial charge in [-0.25, -0.2) is 4.79 Å². The Morgan fingerprint density at radius 3 is 2.49 bits per heavy atom. The van der Waals surface area contributed by atoms with E-state index in [1.807, 2.05) is 56.5 Å². The summed E-state index contributed by atoms with van der Waals surface area (Å²) >= 11 is 1.65. The number of benzene rings is 1. The van der Waals surface area contributed by atoms with Crippen LogP contribution < -0.4 is 22.1 Å². The van der Waals surface area contributed by atoms with Crippen molar-refractivity contribution in [1.82, 2.24) is 25.4 Å². The Balaban J connectivity index is 1.54. The smallest absolute Gasteiger partial charge is 0.312 e. The van der Waals surface area contributed by atoms with E-state index in [0.717, 1.165) is 43.7 Å². The zero-order valence-electron chi connectivity index (χ0n) is 26.5. The van der Waals surface area contributed by atoms with E-state index in [-0.39, 0.29) is 24.8 Å². The van der Waals surface area contributed by atoms with Crippen LogP contribution >= 0.6 is 11.3 Å². The van der Waals surface area contributed by atoms with Gasteiger partial charge in [0.25, 0.3) is 0 Å². The number of thiophene rings is 1. The molecule has 0 aliphatic carbocycles. The third kappa shape index (κ3) is 8.34. The highest BCUT2D eigenvalue weighted by Gasteiger charge is 2.33. The maximum absolute atomic E-state index is 12.9. The Morgan fingerprint density at radius 2 is 1.82 bits per heavy atom. The van der Waals surface area contributed by atoms with Crippen molar-refractivity contribution in [1.29, 1.82) is 0 Å². The van der Waals surface area contributed by atoms with Crippen molar-refractivity contribution < 1.29 is 19.1 Å². The Labute approximate surface area is 267 Å². The van der Waals surface area contributed by atoms with Crippen LogP contribution in [-0.4, -0.2) is 63.1 Å². The molecule has 2 atom stereocenters. The molecule has 13 heteroatoms. The summed E-state index contributed by atoms with van der Waals surface area (Å²) in [5, 5.41) is 14.9. The van der Waals surface area contributed by atoms with Gasteiger partial charge in [-0.15, -0.1) is 21.5 Å². The summed E-state index contributed by atoms with van der Waals surface area (Å²) < 4.78 is 7.64. The van der Waals surface area contributed by atoms with Gasteiger partial charge >= 0.3 is 12.0 Å². The first-order chi connectivity index (χ1) is 21.2. The first kappa shape index (κ1) is 33.4. The van der Waals surface area contributed by atoms with E-state index >= 15 is 0 Å². The lowest BCUT2D eigenvalue weighted by Crippen LogP contribution is -2.41. The first-order valence-corrected chi connectivity index (χ1v) is 15.5. The molecule has 3 amide bonds. The molecule has 1 aliphatic rings. The lowest BCUT2D eigenvalue weighted by molar-refractivity contribution is -0.155. The SMILES string of the molecule is Cc1sc2c(c1C)C(c1ccc(C#CCNC(=O)[C@@H](N)CCCNC(N)=O)cc1)=N[C@@H](CC(=O)OC(C)(C)C)c1nnc(C)n1-2. The number of carbonyl (C=O) groups excluding carboxylic acids is 3. The predicted octanol–water partition coefficient (Wildman–Crippen LogP) is 3.12. The Hall–Kier alpha value is -4.54. The number of fused-ring (bicyclic) bond motifs is 3. The molecule has 1 aromatic carbocycles. The fraction of sp³-hybridized carbons (Fsp3) is 0.438. The third-order valence-corrected chi connectivity index (χ3v) is 8.28. The topological polar surface area (TPSA) is 180 Å². The number of hydrogen-bond acceptors (Lipinski definition) is 9. The molecule has 45 heavy (non-hydrogen) atoms. The second kappa shape index (κ2) is 14.0. The Morgan fingerprint density at radius 1 is 1.11 bits per heavy atom. The second-order valence-corrected chi connectivity index (χ2v) is 13.0. The summed E-state index contributed by atoms with van der Waals surface area (Å²) in [5.74, 6) is 6.67. The highest BCUT2D eigenvalue weighted by molar-refractivity contribution is 7.15. The van der Waals surface area contributed by atoms with Crippen molar-refractivity contribution in [3.63, 3.8) is 0 Å². The molecule has 1 aliphatic heterocycles. The number of nitrogens with one attached hydrogen (secondary N) is 2. The summed E-state index contributed by atoms with van der Waals surface area (Å²) in [6, 6.07) is 5.81. The predicted molar refractivity (Wildman–Crippen MR) is 173 cm³/mol. The largest absolute Gasteiger partial charge is 0.460 e. The molecular formula is C32H40N8O4S. The summed E-state index contributed by atoms with van der Waals surface area (Å²) in [6.45, 7) is 12.1. The molecule has 0 bridgehead atoms. The van der Waals surface area contributed by atoms with Crippen LogP contribution in [0, 0.1) is 32.6 Å². The molecule has 0 saturated heterocycles. The monoisotopic (exact) mass is 632 g/mol. The van der Waals surface area contributed by atoms with E-state index in [1.54, 1.807) is 11.3 Å². The third-order valence-electron chi connectivity index (χ3n) is 7.09. The van der Waals surface area contributed by atoms with Crippen LogP contribution in [0.2, 0.25) is 0 Å². The van der Waals surface area contributed by atoms with E-state index in [1.165, 1.54) is 0 Å². The molecule has 2 aromatic heterocycles. The number of nitrogens with two attached hydrogens (primary N) is 2. The molecule has 238 valence electrons. The van der Waals surface area contributed by atoms with Gasteiger partial charge in [-0.2, -0.15) is 0 Å². The number of aromatic nitrogens is 3. The number of amides is 3. The van der Waals surface area contributed by atoms with Crippen molar-refractivity contribution in [2.75, 3.05) is 13.1 Å². The molecule has 4 rings (SSSR count). The van der Waals surface area contributed by atoms with Crippen LogP contribution in [0.4, 0.5) is 4.79 Å². The van der Waals surface area contributed by atoms with Gasteiger partial charge < -0.3 is 26.8 Å². The van der Waals surface area contributed by atoms with E-state index in [4.69, 9.17) is 21.2 Å². The molecule has 0 fully saturated rings. The number of primary amides is 1. The molecular weight excluding hydrogens is 592 g/mol. The zero-order valence-corrected chi connectivity index (χ0v) is 27.3. The highest BCUT2D eigenvalue weighted by Crippen LogP contribution is 2.39. The van der Waals surface area contributed by atoms with E-state index in [9.17, 15) is 14.4 Å². The number of esters is 1. The van der Waals surface area contributed by atoms with Crippen LogP contribution in [0.5, 0.6) is 0 Å². The first-order valence-electron chi connectivity index (χ1n) is 14.7. The summed E-state index contributed by atoms with van der Waals surface area (Å²) in [5.41, 5.74) is 14.8. The van der Waals surface area contributed by atoms with Crippen LogP contribution in [0.25, 0.3) is 5.00 Å². The van der Waals surface area contributed by atoms with Gasteiger partial charge in [-0.3, -0.25) is 19.1 Å². The molecule has 3 heterocycles. The van der Waals surface area contributed by atoms with Crippen LogP contribution in [0.1, 0.15) is 84.9 Å². The standard InChI is InChI=1S/C32H40N8O4S/c1-18-19(2)45-30-26(18)27(37-24(17-25(41)44-32(4,5)6)28-39-38-20(3)40(28)30)22-13-11-21(12-14-22)9-7-15-35-29(42)23(33)10-8-16-36-31(34)43/h11-14,23-24H,8,10,15-17,33H2,1-6H3,(H,35,42)(H3,34,36,43)/t23-,24-/m0/s1. The van der Waals surface area contributed by atoms with Crippen LogP contribution in [0.3, 0.4) is 0 Å². The number of rotatable bonds is 9. The molecule has 12 nitrogen and oxygen atoms in total. The minimum absolute atomic E-state index is 0.0229. The maximum atomic E-state index is 12.9. The average molecular weight is 633 g/mol. The van der Waals surface area contributed by atoms with Crippen molar-refractivity contribution in [3.05, 3.63) is 63.0 Å². The summed E-state index contributed by atoms with van der Waals surface area (Å²) in [4.78, 5) is 42.2. The summed E-state index contributed by atoms with van der Waals surface area (Å²) in [7, 11) is 0. The van der Waals surface area contributed by atoms with E-state index in [2.05, 4.69) is 46.5 Å². The summed E-state index contributed by atoms with van der Waals surface area (Å²) in [6.07, 6.45) is 0.967.